The quantitative estimate of drug-likeness (QED) is 0.0605. The van der Waals surface area contributed by atoms with E-state index in [1.54, 1.807) is 0 Å². The monoisotopic (exact) mass is 1010 g/mol. The van der Waals surface area contributed by atoms with Crippen LogP contribution in [0.15, 0.2) is 89.4 Å². The van der Waals surface area contributed by atoms with Gasteiger partial charge in [-0.15, -0.1) is 0 Å². The Bertz CT molecular complexity index is 2140. The lowest BCUT2D eigenvalue weighted by Crippen LogP contribution is -2.41. The molecule has 68 heavy (non-hydrogen) atoms. The van der Waals surface area contributed by atoms with Gasteiger partial charge in [0.2, 0.25) is 0 Å². The first-order valence-corrected chi connectivity index (χ1v) is 24.4. The van der Waals surface area contributed by atoms with E-state index in [4.69, 9.17) is 56.3 Å². The van der Waals surface area contributed by atoms with Crippen LogP contribution in [0, 0.1) is 13.8 Å². The summed E-state index contributed by atoms with van der Waals surface area (Å²) in [6.45, 7) is 35.0. The number of ether oxygens (including phenoxy) is 6. The van der Waals surface area contributed by atoms with Crippen LogP contribution in [-0.4, -0.2) is 81.5 Å². The van der Waals surface area contributed by atoms with E-state index in [1.165, 1.54) is 11.1 Å². The van der Waals surface area contributed by atoms with Crippen LogP contribution in [0.2, 0.25) is 0 Å². The van der Waals surface area contributed by atoms with Crippen molar-refractivity contribution in [2.45, 2.75) is 158 Å². The van der Waals surface area contributed by atoms with Crippen molar-refractivity contribution < 1.29 is 57.8 Å². The van der Waals surface area contributed by atoms with E-state index in [9.17, 15) is 0 Å². The van der Waals surface area contributed by atoms with Gasteiger partial charge in [-0.3, -0.25) is 0 Å². The van der Waals surface area contributed by atoms with Gasteiger partial charge in [-0.05, 0) is 182 Å². The minimum atomic E-state index is -0.476. The Hall–Kier alpha value is -3.25. The molecule has 0 aromatic heterocycles. The molecule has 0 atom stereocenters. The van der Waals surface area contributed by atoms with Crippen molar-refractivity contribution in [3.63, 3.8) is 0 Å². The molecule has 4 aromatic rings. The predicted molar refractivity (Wildman–Crippen MR) is 276 cm³/mol. The van der Waals surface area contributed by atoms with Gasteiger partial charge in [0.15, 0.2) is 0 Å². The molecule has 16 heteroatoms. The maximum absolute atomic E-state index is 6.24. The lowest BCUT2D eigenvalue weighted by Gasteiger charge is -2.32. The molecule has 0 radical (unpaired) electrons. The van der Waals surface area contributed by atoms with E-state index in [2.05, 4.69) is 29.8 Å². The fourth-order valence-corrected chi connectivity index (χ4v) is 7.13. The summed E-state index contributed by atoms with van der Waals surface area (Å²) in [4.78, 5) is 0. The summed E-state index contributed by atoms with van der Waals surface area (Å²) in [5, 5.41) is 0. The standard InChI is InChI=1S/C23H31BO5.C17H19BrO3.C12H24B2O4.H2/c1-7-25-16-26-15-18-14-20(27-19-10-8-17(2)9-11-19)12-13-21(18)24-28-22(3,4)23(5,6)29-24;1-3-19-12-20-11-14-10-16(8-9-17(14)18)21-15-6-4-13(2)5-7-15;1-9(2)10(3,4)16-13(15-9)14-17-11(5,6)12(7,8)18-14;/h8-14H,7,15-16H2,1-6H3;4-10H,3,11-12H2,1-2H3;1-8H3;1H/i;;;1+1. The highest BCUT2D eigenvalue weighted by atomic mass is 79.9. The largest absolute Gasteiger partial charge is 0.495 e. The first-order chi connectivity index (χ1) is 31.8. The molecular formula is C52H76B3BrO12. The maximum Gasteiger partial charge on any atom is 0.495 e. The second kappa shape index (κ2) is 23.3. The Balaban J connectivity index is 0.000000231. The van der Waals surface area contributed by atoms with Gasteiger partial charge < -0.3 is 56.3 Å². The Morgan fingerprint density at radius 1 is 0.441 bits per heavy atom. The number of hydrogen-bond acceptors (Lipinski definition) is 12. The van der Waals surface area contributed by atoms with Gasteiger partial charge >= 0.3 is 21.1 Å². The summed E-state index contributed by atoms with van der Waals surface area (Å²) < 4.78 is 70.8. The Labute approximate surface area is 417 Å². The number of hydrogen-bond donors (Lipinski definition) is 0. The van der Waals surface area contributed by atoms with Crippen molar-refractivity contribution in [2.75, 3.05) is 26.8 Å². The molecule has 3 aliphatic heterocycles. The molecule has 0 N–H and O–H groups in total. The van der Waals surface area contributed by atoms with Crippen molar-refractivity contribution in [2.24, 2.45) is 0 Å². The molecular weight excluding hydrogens is 929 g/mol. The Morgan fingerprint density at radius 2 is 0.779 bits per heavy atom. The Kier molecular flexibility index (Phi) is 19.1. The van der Waals surface area contributed by atoms with Crippen LogP contribution in [0.5, 0.6) is 23.0 Å². The fourth-order valence-electron chi connectivity index (χ4n) is 6.77. The summed E-state index contributed by atoms with van der Waals surface area (Å²) >= 11 is 3.52. The molecule has 4 aromatic carbocycles. The zero-order valence-electron chi connectivity index (χ0n) is 43.3. The van der Waals surface area contributed by atoms with Crippen LogP contribution in [0.3, 0.4) is 0 Å². The van der Waals surface area contributed by atoms with Gasteiger partial charge in [0.05, 0.1) is 46.8 Å². The fraction of sp³-hybridized carbons (Fsp3) is 0.538. The maximum atomic E-state index is 6.24. The zero-order chi connectivity index (χ0) is 50.1. The number of rotatable bonds is 16. The summed E-state index contributed by atoms with van der Waals surface area (Å²) in [6.07, 6.45) is 0. The molecule has 0 aliphatic carbocycles. The van der Waals surface area contributed by atoms with Gasteiger partial charge in [0, 0.05) is 19.1 Å². The van der Waals surface area contributed by atoms with Crippen LogP contribution in [0.4, 0.5) is 0 Å². The second-order valence-corrected chi connectivity index (χ2v) is 21.1. The van der Waals surface area contributed by atoms with Crippen molar-refractivity contribution in [1.82, 2.24) is 0 Å². The van der Waals surface area contributed by atoms with Gasteiger partial charge in [-0.2, -0.15) is 0 Å². The average molecular weight is 1010 g/mol. The molecule has 12 nitrogen and oxygen atoms in total. The van der Waals surface area contributed by atoms with Crippen LogP contribution < -0.4 is 14.9 Å². The topological polar surface area (TPSA) is 111 Å². The van der Waals surface area contributed by atoms with Crippen LogP contribution >= 0.6 is 15.9 Å². The molecule has 3 saturated heterocycles. The van der Waals surface area contributed by atoms with Crippen LogP contribution in [0.1, 0.15) is 121 Å². The molecule has 7 rings (SSSR count). The molecule has 0 amide bonds. The van der Waals surface area contributed by atoms with Gasteiger partial charge in [-0.25, -0.2) is 0 Å². The molecule has 0 unspecified atom stereocenters. The van der Waals surface area contributed by atoms with E-state index in [0.29, 0.717) is 33.2 Å². The lowest BCUT2D eigenvalue weighted by atomic mass is 9.49. The second-order valence-electron chi connectivity index (χ2n) is 20.2. The van der Waals surface area contributed by atoms with Crippen LogP contribution in [-0.2, 0) is 60.1 Å². The van der Waals surface area contributed by atoms with Crippen molar-refractivity contribution >= 4 is 42.5 Å². The van der Waals surface area contributed by atoms with Crippen molar-refractivity contribution in [3.8, 4) is 23.0 Å². The van der Waals surface area contributed by atoms with Crippen LogP contribution in [0.25, 0.3) is 0 Å². The molecule has 3 fully saturated rings. The first-order valence-electron chi connectivity index (χ1n) is 23.6. The molecule has 3 heterocycles. The summed E-state index contributed by atoms with van der Waals surface area (Å²) in [5.41, 5.74) is 3.08. The smallest absolute Gasteiger partial charge is 0.457 e. The Morgan fingerprint density at radius 3 is 1.18 bits per heavy atom. The third-order valence-electron chi connectivity index (χ3n) is 13.2. The summed E-state index contributed by atoms with van der Waals surface area (Å²) in [5.74, 6) is 3.14. The third kappa shape index (κ3) is 14.7. The number of aryl methyl sites for hydroxylation is 2. The van der Waals surface area contributed by atoms with Gasteiger partial charge in [0.25, 0.3) is 0 Å². The summed E-state index contributed by atoms with van der Waals surface area (Å²) in [7, 11) is -1.41. The number of halogens is 1. The molecule has 3 aliphatic rings. The van der Waals surface area contributed by atoms with E-state index < -0.39 is 32.3 Å². The average Bonchev–Trinajstić information content (AvgIpc) is 3.73. The third-order valence-corrected chi connectivity index (χ3v) is 13.9. The van der Waals surface area contributed by atoms with Gasteiger partial charge in [-0.1, -0.05) is 57.4 Å². The molecule has 0 bridgehead atoms. The van der Waals surface area contributed by atoms with Crippen molar-refractivity contribution in [1.29, 1.82) is 0 Å². The van der Waals surface area contributed by atoms with E-state index in [1.807, 2.05) is 182 Å². The SMILES string of the molecule is CC1(C)OB(B2OC(C)(C)C(C)(C)O2)OC1(C)C.CCOCOCc1cc(Oc2ccc(C)cc2)ccc1B1OC(C)(C)C(C)(C)O1.CCOCOCc1cc(Oc2ccc(C)cc2)ccc1Br.[2HH]. The van der Waals surface area contributed by atoms with E-state index in [0.717, 1.165) is 44.1 Å². The highest BCUT2D eigenvalue weighted by Gasteiger charge is 2.63. The van der Waals surface area contributed by atoms with E-state index in [-0.39, 0.29) is 30.6 Å². The minimum Gasteiger partial charge on any atom is -0.457 e. The van der Waals surface area contributed by atoms with E-state index >= 15 is 0 Å². The number of benzene rings is 4. The molecule has 372 valence electrons. The first kappa shape index (κ1) is 55.7. The molecule has 0 saturated carbocycles. The van der Waals surface area contributed by atoms with Crippen molar-refractivity contribution in [3.05, 3.63) is 112 Å². The summed E-state index contributed by atoms with van der Waals surface area (Å²) in [6, 6.07) is 27.7. The normalized spacial score (nSPS) is 19.2. The highest BCUT2D eigenvalue weighted by molar-refractivity contribution is 9.10. The minimum absolute atomic E-state index is 0. The zero-order valence-corrected chi connectivity index (χ0v) is 44.9. The van der Waals surface area contributed by atoms with Gasteiger partial charge in [0.1, 0.15) is 36.6 Å². The highest BCUT2D eigenvalue weighted by Crippen LogP contribution is 2.43. The predicted octanol–water partition coefficient (Wildman–Crippen LogP) is 12.2. The lowest BCUT2D eigenvalue weighted by molar-refractivity contribution is -0.0573. The molecule has 0 spiro atoms.